The number of likely N-dealkylation sites (N-methyl/N-ethyl adjacent to an activating group) is 2. The van der Waals surface area contributed by atoms with Gasteiger partial charge in [0.1, 0.15) is 0 Å². The molecule has 38 heavy (non-hydrogen) atoms. The Bertz CT molecular complexity index is 1130. The molecule has 0 aliphatic heterocycles. The van der Waals surface area contributed by atoms with Gasteiger partial charge in [-0.25, -0.2) is 0 Å². The number of aromatic nitrogens is 2. The molecule has 4 aromatic rings. The van der Waals surface area contributed by atoms with Gasteiger partial charge in [-0.3, -0.25) is 14.9 Å². The SMILES string of the molecule is CN(CCc1ccccn1)Cc1cccc(CN(C)Cc2cccc(CN(C)CCc3ccccn3)c2)c1. The summed E-state index contributed by atoms with van der Waals surface area (Å²) in [5.41, 5.74) is 7.72. The van der Waals surface area contributed by atoms with Gasteiger partial charge in [-0.1, -0.05) is 60.7 Å². The number of pyridine rings is 2. The second kappa shape index (κ2) is 14.5. The fraction of sp³-hybridized carbons (Fsp3) is 0.333. The topological polar surface area (TPSA) is 35.5 Å². The average Bonchev–Trinajstić information content (AvgIpc) is 2.92. The molecule has 198 valence electrons. The van der Waals surface area contributed by atoms with Gasteiger partial charge in [0, 0.05) is 75.9 Å². The van der Waals surface area contributed by atoms with Gasteiger partial charge in [0.15, 0.2) is 0 Å². The van der Waals surface area contributed by atoms with Crippen LogP contribution in [0.15, 0.2) is 97.3 Å². The minimum absolute atomic E-state index is 0.930. The minimum Gasteiger partial charge on any atom is -0.302 e. The third-order valence-electron chi connectivity index (χ3n) is 6.74. The van der Waals surface area contributed by atoms with E-state index in [2.05, 4.69) is 119 Å². The Balaban J connectivity index is 1.24. The van der Waals surface area contributed by atoms with E-state index in [9.17, 15) is 0 Å². The van der Waals surface area contributed by atoms with E-state index >= 15 is 0 Å². The molecule has 2 aromatic carbocycles. The first-order chi connectivity index (χ1) is 18.5. The molecular formula is C33H41N5. The van der Waals surface area contributed by atoms with E-state index in [-0.39, 0.29) is 0 Å². The van der Waals surface area contributed by atoms with Crippen LogP contribution < -0.4 is 0 Å². The molecule has 0 aliphatic rings. The first-order valence-electron chi connectivity index (χ1n) is 13.5. The molecule has 0 saturated carbocycles. The van der Waals surface area contributed by atoms with Gasteiger partial charge in [0.2, 0.25) is 0 Å². The highest BCUT2D eigenvalue weighted by Gasteiger charge is 2.07. The lowest BCUT2D eigenvalue weighted by molar-refractivity contribution is 0.315. The van der Waals surface area contributed by atoms with E-state index < -0.39 is 0 Å². The normalized spacial score (nSPS) is 11.5. The van der Waals surface area contributed by atoms with Crippen LogP contribution in [0.4, 0.5) is 0 Å². The Labute approximate surface area is 228 Å². The second-order valence-electron chi connectivity index (χ2n) is 10.4. The Morgan fingerprint density at radius 3 is 1.24 bits per heavy atom. The summed E-state index contributed by atoms with van der Waals surface area (Å²) in [6, 6.07) is 30.3. The van der Waals surface area contributed by atoms with Crippen LogP contribution in [0.5, 0.6) is 0 Å². The molecule has 5 nitrogen and oxygen atoms in total. The summed E-state index contributed by atoms with van der Waals surface area (Å²) >= 11 is 0. The van der Waals surface area contributed by atoms with Gasteiger partial charge in [0.05, 0.1) is 0 Å². The fourth-order valence-corrected chi connectivity index (χ4v) is 4.82. The molecule has 0 aliphatic carbocycles. The van der Waals surface area contributed by atoms with Crippen molar-refractivity contribution < 1.29 is 0 Å². The van der Waals surface area contributed by atoms with Crippen LogP contribution in [0.2, 0.25) is 0 Å². The molecule has 5 heteroatoms. The van der Waals surface area contributed by atoms with Gasteiger partial charge in [-0.15, -0.1) is 0 Å². The largest absolute Gasteiger partial charge is 0.302 e. The van der Waals surface area contributed by atoms with E-state index in [4.69, 9.17) is 0 Å². The molecule has 0 N–H and O–H groups in total. The summed E-state index contributed by atoms with van der Waals surface area (Å²) in [5, 5.41) is 0. The Hall–Kier alpha value is -3.38. The molecular weight excluding hydrogens is 466 g/mol. The lowest BCUT2D eigenvalue weighted by atomic mass is 10.1. The van der Waals surface area contributed by atoms with Gasteiger partial charge in [-0.05, 0) is 67.7 Å². The van der Waals surface area contributed by atoms with Crippen LogP contribution in [0.1, 0.15) is 33.6 Å². The van der Waals surface area contributed by atoms with E-state index in [0.29, 0.717) is 0 Å². The molecule has 0 spiro atoms. The molecule has 0 atom stereocenters. The van der Waals surface area contributed by atoms with Crippen LogP contribution in [0, 0.1) is 0 Å². The summed E-state index contributed by atoms with van der Waals surface area (Å²) in [5.74, 6) is 0. The van der Waals surface area contributed by atoms with Crippen molar-refractivity contribution in [2.75, 3.05) is 34.2 Å². The maximum absolute atomic E-state index is 4.44. The Kier molecular flexibility index (Phi) is 10.6. The summed E-state index contributed by atoms with van der Waals surface area (Å²) in [4.78, 5) is 16.0. The lowest BCUT2D eigenvalue weighted by Crippen LogP contribution is -2.22. The van der Waals surface area contributed by atoms with Gasteiger partial charge in [0.25, 0.3) is 0 Å². The van der Waals surface area contributed by atoms with Crippen LogP contribution in [0.25, 0.3) is 0 Å². The molecule has 0 bridgehead atoms. The molecule has 2 aromatic heterocycles. The maximum Gasteiger partial charge on any atom is 0.0416 e. The fourth-order valence-electron chi connectivity index (χ4n) is 4.82. The standard InChI is InChI=1S/C33H41N5/c1-36(20-16-32-14-4-6-18-34-32)24-28-10-8-12-30(22-28)26-38(3)27-31-13-9-11-29(23-31)25-37(2)21-17-33-15-5-7-19-35-33/h4-15,18-19,22-23H,16-17,20-21,24-27H2,1-3H3. The minimum atomic E-state index is 0.930. The van der Waals surface area contributed by atoms with Crippen molar-refractivity contribution in [3.63, 3.8) is 0 Å². The third kappa shape index (κ3) is 9.49. The van der Waals surface area contributed by atoms with E-state index in [1.54, 1.807) is 0 Å². The van der Waals surface area contributed by atoms with Crippen molar-refractivity contribution in [1.29, 1.82) is 0 Å². The molecule has 0 amide bonds. The van der Waals surface area contributed by atoms with Gasteiger partial charge < -0.3 is 9.80 Å². The number of hydrogen-bond acceptors (Lipinski definition) is 5. The summed E-state index contributed by atoms with van der Waals surface area (Å²) in [7, 11) is 6.58. The zero-order valence-electron chi connectivity index (χ0n) is 23.1. The first-order valence-corrected chi connectivity index (χ1v) is 13.5. The highest BCUT2D eigenvalue weighted by Crippen LogP contribution is 2.14. The predicted molar refractivity (Wildman–Crippen MR) is 157 cm³/mol. The molecule has 4 rings (SSSR count). The second-order valence-corrected chi connectivity index (χ2v) is 10.4. The van der Waals surface area contributed by atoms with Crippen molar-refractivity contribution in [2.45, 2.75) is 39.0 Å². The van der Waals surface area contributed by atoms with E-state index in [0.717, 1.165) is 63.5 Å². The quantitative estimate of drug-likeness (QED) is 0.227. The first kappa shape index (κ1) is 27.6. The summed E-state index contributed by atoms with van der Waals surface area (Å²) in [6.07, 6.45) is 5.68. The van der Waals surface area contributed by atoms with Crippen LogP contribution >= 0.6 is 0 Å². The van der Waals surface area contributed by atoms with E-state index in [1.165, 1.54) is 22.3 Å². The van der Waals surface area contributed by atoms with E-state index in [1.807, 2.05) is 24.5 Å². The Morgan fingerprint density at radius 2 is 0.868 bits per heavy atom. The zero-order chi connectivity index (χ0) is 26.6. The average molecular weight is 508 g/mol. The maximum atomic E-state index is 4.44. The number of rotatable bonds is 14. The third-order valence-corrected chi connectivity index (χ3v) is 6.74. The Morgan fingerprint density at radius 1 is 0.474 bits per heavy atom. The molecule has 2 heterocycles. The smallest absolute Gasteiger partial charge is 0.0416 e. The molecule has 0 unspecified atom stereocenters. The molecule has 0 radical (unpaired) electrons. The lowest BCUT2D eigenvalue weighted by Gasteiger charge is -2.20. The monoisotopic (exact) mass is 507 g/mol. The zero-order valence-corrected chi connectivity index (χ0v) is 23.1. The number of hydrogen-bond donors (Lipinski definition) is 0. The number of benzene rings is 2. The molecule has 0 saturated heterocycles. The van der Waals surface area contributed by atoms with Crippen molar-refractivity contribution in [1.82, 2.24) is 24.7 Å². The van der Waals surface area contributed by atoms with Gasteiger partial charge >= 0.3 is 0 Å². The van der Waals surface area contributed by atoms with Crippen LogP contribution in [-0.4, -0.2) is 58.9 Å². The summed E-state index contributed by atoms with van der Waals surface area (Å²) in [6.45, 7) is 5.74. The number of nitrogens with zero attached hydrogens (tertiary/aromatic N) is 5. The summed E-state index contributed by atoms with van der Waals surface area (Å²) < 4.78 is 0. The van der Waals surface area contributed by atoms with Crippen molar-refractivity contribution in [3.05, 3.63) is 131 Å². The van der Waals surface area contributed by atoms with Crippen LogP contribution in [-0.2, 0) is 39.0 Å². The highest BCUT2D eigenvalue weighted by molar-refractivity contribution is 5.25. The highest BCUT2D eigenvalue weighted by atomic mass is 15.1. The van der Waals surface area contributed by atoms with Crippen molar-refractivity contribution >= 4 is 0 Å². The predicted octanol–water partition coefficient (Wildman–Crippen LogP) is 5.46. The van der Waals surface area contributed by atoms with Crippen molar-refractivity contribution in [3.8, 4) is 0 Å². The van der Waals surface area contributed by atoms with Crippen molar-refractivity contribution in [2.24, 2.45) is 0 Å². The van der Waals surface area contributed by atoms with Crippen LogP contribution in [0.3, 0.4) is 0 Å². The van der Waals surface area contributed by atoms with Gasteiger partial charge in [-0.2, -0.15) is 0 Å². The molecule has 0 fully saturated rings.